The number of ketones is 1. The van der Waals surface area contributed by atoms with Crippen LogP contribution >= 0.6 is 0 Å². The van der Waals surface area contributed by atoms with Crippen LogP contribution in [-0.4, -0.2) is 14.9 Å². The minimum Gasteiger partial charge on any atom is -0.340 e. The maximum Gasteiger partial charge on any atom is 0.416 e. The number of Topliss-reactive ketones (excluding diaryl/α,β-unsaturated/α-hetero) is 1. The summed E-state index contributed by atoms with van der Waals surface area (Å²) >= 11 is 0. The Bertz CT molecular complexity index is 1530. The Labute approximate surface area is 185 Å². The molecule has 1 N–H and O–H groups in total. The summed E-state index contributed by atoms with van der Waals surface area (Å²) in [6.45, 7) is 1.53. The van der Waals surface area contributed by atoms with Crippen LogP contribution < -0.4 is 16.6 Å². The third kappa shape index (κ3) is 2.92. The molecule has 0 spiro atoms. The van der Waals surface area contributed by atoms with E-state index in [1.165, 1.54) is 25.6 Å². The molecule has 1 aliphatic heterocycles. The summed E-state index contributed by atoms with van der Waals surface area (Å²) in [6, 6.07) is 10.3. The standard InChI is InChI=1S/C24H18F3N3O3/c1-11-8-12(10-13(9-11)24(25,26)27)16-17-19(14-6-4-5-7-15(14)20(17)31)28-21-18(16)22(32)30(3)23(33)29(21)2/h4-10,16,28H,1-3H3. The number of fused-ring (bicyclic) bond motifs is 3. The molecule has 1 atom stereocenters. The monoisotopic (exact) mass is 453 g/mol. The second-order valence-electron chi connectivity index (χ2n) is 8.32. The fourth-order valence-electron chi connectivity index (χ4n) is 4.73. The van der Waals surface area contributed by atoms with Crippen molar-refractivity contribution in [2.24, 2.45) is 14.1 Å². The number of benzene rings is 2. The first-order chi connectivity index (χ1) is 15.5. The minimum atomic E-state index is -4.61. The van der Waals surface area contributed by atoms with Crippen molar-refractivity contribution in [3.8, 4) is 0 Å². The van der Waals surface area contributed by atoms with Gasteiger partial charge in [0.05, 0.1) is 16.8 Å². The third-order valence-electron chi connectivity index (χ3n) is 6.24. The highest BCUT2D eigenvalue weighted by atomic mass is 19.4. The molecule has 2 aliphatic rings. The lowest BCUT2D eigenvalue weighted by molar-refractivity contribution is -0.137. The summed E-state index contributed by atoms with van der Waals surface area (Å²) in [6.07, 6.45) is -4.61. The molecule has 2 aromatic carbocycles. The second-order valence-corrected chi connectivity index (χ2v) is 8.32. The average molecular weight is 453 g/mol. The van der Waals surface area contributed by atoms with Gasteiger partial charge in [0, 0.05) is 36.7 Å². The number of carbonyl (C=O) groups is 1. The number of nitrogens with zero attached hydrogens (tertiary/aromatic N) is 2. The lowest BCUT2D eigenvalue weighted by atomic mass is 9.80. The zero-order valence-corrected chi connectivity index (χ0v) is 17.9. The quantitative estimate of drug-likeness (QED) is 0.612. The molecule has 0 saturated carbocycles. The summed E-state index contributed by atoms with van der Waals surface area (Å²) in [5, 5.41) is 3.07. The normalized spacial score (nSPS) is 16.9. The van der Waals surface area contributed by atoms with Gasteiger partial charge in [-0.25, -0.2) is 4.79 Å². The molecular weight excluding hydrogens is 435 g/mol. The summed E-state index contributed by atoms with van der Waals surface area (Å²) in [5.41, 5.74) is -0.0283. The predicted octanol–water partition coefficient (Wildman–Crippen LogP) is 3.58. The van der Waals surface area contributed by atoms with E-state index in [1.54, 1.807) is 30.3 Å². The molecule has 0 saturated heterocycles. The average Bonchev–Trinajstić information content (AvgIpc) is 3.06. The Balaban J connectivity index is 1.89. The molecular formula is C24H18F3N3O3. The smallest absolute Gasteiger partial charge is 0.340 e. The van der Waals surface area contributed by atoms with E-state index < -0.39 is 28.9 Å². The van der Waals surface area contributed by atoms with E-state index in [4.69, 9.17) is 0 Å². The van der Waals surface area contributed by atoms with Crippen LogP contribution in [0.3, 0.4) is 0 Å². The van der Waals surface area contributed by atoms with Crippen LogP contribution in [0.1, 0.15) is 44.1 Å². The SMILES string of the molecule is Cc1cc(C2C3=C(Nc4c2c(=O)n(C)c(=O)n4C)c2ccccc2C3=O)cc(C(F)(F)F)c1. The molecule has 3 aromatic rings. The maximum atomic E-state index is 13.6. The van der Waals surface area contributed by atoms with Crippen LogP contribution in [0.4, 0.5) is 19.0 Å². The first kappa shape index (κ1) is 21.0. The lowest BCUT2D eigenvalue weighted by Gasteiger charge is -2.30. The molecule has 1 aliphatic carbocycles. The first-order valence-corrected chi connectivity index (χ1v) is 10.1. The Morgan fingerprint density at radius 2 is 1.61 bits per heavy atom. The predicted molar refractivity (Wildman–Crippen MR) is 116 cm³/mol. The van der Waals surface area contributed by atoms with E-state index in [9.17, 15) is 27.6 Å². The Morgan fingerprint density at radius 3 is 2.27 bits per heavy atom. The number of hydrogen-bond acceptors (Lipinski definition) is 4. The van der Waals surface area contributed by atoms with Gasteiger partial charge in [0.1, 0.15) is 5.82 Å². The van der Waals surface area contributed by atoms with Crippen molar-refractivity contribution in [3.63, 3.8) is 0 Å². The molecule has 0 radical (unpaired) electrons. The van der Waals surface area contributed by atoms with Crippen molar-refractivity contribution in [2.45, 2.75) is 19.0 Å². The van der Waals surface area contributed by atoms with Gasteiger partial charge in [-0.3, -0.25) is 18.7 Å². The van der Waals surface area contributed by atoms with Crippen LogP contribution in [0.5, 0.6) is 0 Å². The molecule has 168 valence electrons. The number of rotatable bonds is 1. The van der Waals surface area contributed by atoms with Gasteiger partial charge in [0.15, 0.2) is 5.78 Å². The van der Waals surface area contributed by atoms with Crippen molar-refractivity contribution >= 4 is 17.3 Å². The lowest BCUT2D eigenvalue weighted by Crippen LogP contribution is -2.42. The van der Waals surface area contributed by atoms with Crippen LogP contribution in [0.25, 0.3) is 5.70 Å². The van der Waals surface area contributed by atoms with E-state index in [1.807, 2.05) is 0 Å². The fraction of sp³-hybridized carbons (Fsp3) is 0.208. The molecule has 6 nitrogen and oxygen atoms in total. The van der Waals surface area contributed by atoms with Gasteiger partial charge >= 0.3 is 11.9 Å². The molecule has 5 rings (SSSR count). The van der Waals surface area contributed by atoms with E-state index in [0.717, 1.165) is 16.7 Å². The molecule has 0 bridgehead atoms. The Kier molecular flexibility index (Phi) is 4.33. The summed E-state index contributed by atoms with van der Waals surface area (Å²) < 4.78 is 43.0. The zero-order chi connectivity index (χ0) is 23.8. The summed E-state index contributed by atoms with van der Waals surface area (Å²) in [7, 11) is 2.77. The topological polar surface area (TPSA) is 73.1 Å². The molecule has 2 heterocycles. The molecule has 9 heteroatoms. The highest BCUT2D eigenvalue weighted by Gasteiger charge is 2.43. The van der Waals surface area contributed by atoms with Gasteiger partial charge in [-0.1, -0.05) is 35.9 Å². The Hall–Kier alpha value is -3.88. The van der Waals surface area contributed by atoms with E-state index in [0.29, 0.717) is 22.4 Å². The fourth-order valence-corrected chi connectivity index (χ4v) is 4.73. The molecule has 33 heavy (non-hydrogen) atoms. The number of hydrogen-bond donors (Lipinski definition) is 1. The van der Waals surface area contributed by atoms with Crippen LogP contribution in [-0.2, 0) is 20.3 Å². The molecule has 1 aromatic heterocycles. The third-order valence-corrected chi connectivity index (χ3v) is 6.24. The number of halogens is 3. The number of aromatic nitrogens is 2. The Morgan fingerprint density at radius 1 is 0.939 bits per heavy atom. The van der Waals surface area contributed by atoms with Crippen LogP contribution in [0, 0.1) is 6.92 Å². The number of carbonyl (C=O) groups excluding carboxylic acids is 1. The zero-order valence-electron chi connectivity index (χ0n) is 17.9. The largest absolute Gasteiger partial charge is 0.416 e. The van der Waals surface area contributed by atoms with Crippen molar-refractivity contribution in [1.82, 2.24) is 9.13 Å². The minimum absolute atomic E-state index is 0.0539. The van der Waals surface area contributed by atoms with Gasteiger partial charge in [0.2, 0.25) is 0 Å². The highest BCUT2D eigenvalue weighted by molar-refractivity contribution is 6.23. The van der Waals surface area contributed by atoms with Gasteiger partial charge in [-0.2, -0.15) is 13.2 Å². The van der Waals surface area contributed by atoms with Crippen LogP contribution in [0.2, 0.25) is 0 Å². The highest BCUT2D eigenvalue weighted by Crippen LogP contribution is 2.48. The molecule has 0 amide bonds. The van der Waals surface area contributed by atoms with E-state index in [2.05, 4.69) is 5.32 Å². The van der Waals surface area contributed by atoms with Gasteiger partial charge in [-0.15, -0.1) is 0 Å². The van der Waals surface area contributed by atoms with E-state index in [-0.39, 0.29) is 28.3 Å². The molecule has 0 fully saturated rings. The van der Waals surface area contributed by atoms with Crippen molar-refractivity contribution in [2.75, 3.05) is 5.32 Å². The second kappa shape index (κ2) is 6.81. The first-order valence-electron chi connectivity index (χ1n) is 10.1. The van der Waals surface area contributed by atoms with Gasteiger partial charge in [-0.05, 0) is 24.6 Å². The number of aryl methyl sites for hydroxylation is 1. The number of nitrogens with one attached hydrogen (secondary N) is 1. The number of anilines is 1. The van der Waals surface area contributed by atoms with Gasteiger partial charge in [0.25, 0.3) is 5.56 Å². The van der Waals surface area contributed by atoms with Gasteiger partial charge < -0.3 is 5.32 Å². The number of alkyl halides is 3. The summed E-state index contributed by atoms with van der Waals surface area (Å²) in [4.78, 5) is 39.3. The maximum absolute atomic E-state index is 13.6. The van der Waals surface area contributed by atoms with Crippen molar-refractivity contribution in [3.05, 3.63) is 102 Å². The summed E-state index contributed by atoms with van der Waals surface area (Å²) in [5.74, 6) is -1.29. The molecule has 1 unspecified atom stereocenters. The van der Waals surface area contributed by atoms with Crippen LogP contribution in [0.15, 0.2) is 57.6 Å². The number of allylic oxidation sites excluding steroid dienone is 1. The van der Waals surface area contributed by atoms with E-state index >= 15 is 0 Å². The van der Waals surface area contributed by atoms with Crippen molar-refractivity contribution < 1.29 is 18.0 Å². The van der Waals surface area contributed by atoms with Crippen molar-refractivity contribution in [1.29, 1.82) is 0 Å².